The Morgan fingerprint density at radius 2 is 1.77 bits per heavy atom. The van der Waals surface area contributed by atoms with Crippen LogP contribution in [0.25, 0.3) is 0 Å². The first-order valence-corrected chi connectivity index (χ1v) is 5.97. The van der Waals surface area contributed by atoms with Gasteiger partial charge in [0.25, 0.3) is 0 Å². The van der Waals surface area contributed by atoms with Crippen LogP contribution in [0, 0.1) is 0 Å². The van der Waals surface area contributed by atoms with Crippen molar-refractivity contribution in [2.45, 2.75) is 5.75 Å². The number of anilines is 1. The van der Waals surface area contributed by atoms with Gasteiger partial charge in [-0.1, -0.05) is 30.4 Å². The van der Waals surface area contributed by atoms with Crippen LogP contribution in [0.4, 0.5) is 5.69 Å². The van der Waals surface area contributed by atoms with Gasteiger partial charge >= 0.3 is 0 Å². The number of para-hydroxylation sites is 1. The van der Waals surface area contributed by atoms with E-state index in [1.807, 2.05) is 18.2 Å². The second kappa shape index (κ2) is 3.71. The maximum Gasteiger partial charge on any atom is 0.0354 e. The van der Waals surface area contributed by atoms with E-state index in [0.29, 0.717) is 0 Å². The summed E-state index contributed by atoms with van der Waals surface area (Å²) < 4.78 is 0. The van der Waals surface area contributed by atoms with Crippen molar-refractivity contribution in [1.82, 2.24) is 0 Å². The molecule has 0 atom stereocenters. The summed E-state index contributed by atoms with van der Waals surface area (Å²) in [7, 11) is -0.0787. The normalized spacial score (nSPS) is 16.8. The van der Waals surface area contributed by atoms with Crippen LogP contribution < -0.4 is 5.73 Å². The van der Waals surface area contributed by atoms with Gasteiger partial charge in [0.2, 0.25) is 0 Å². The molecule has 0 bridgehead atoms. The number of hydrogen-bond acceptors (Lipinski definition) is 1. The smallest absolute Gasteiger partial charge is 0.0354 e. The molecule has 1 heterocycles. The maximum absolute atomic E-state index is 5.86. The molecule has 0 saturated carbocycles. The Balaban J connectivity index is 2.13. The summed E-state index contributed by atoms with van der Waals surface area (Å²) in [5.74, 6) is 1.08. The summed E-state index contributed by atoms with van der Waals surface area (Å²) in [6, 6.07) is 8.10. The zero-order valence-corrected chi connectivity index (χ0v) is 8.24. The van der Waals surface area contributed by atoms with Crippen molar-refractivity contribution in [2.24, 2.45) is 0 Å². The molecule has 0 aliphatic carbocycles. The Morgan fingerprint density at radius 1 is 1.08 bits per heavy atom. The third-order valence-electron chi connectivity index (χ3n) is 2.07. The van der Waals surface area contributed by atoms with Crippen molar-refractivity contribution < 1.29 is 0 Å². The van der Waals surface area contributed by atoms with Crippen molar-refractivity contribution >= 4 is 16.6 Å². The van der Waals surface area contributed by atoms with E-state index in [9.17, 15) is 0 Å². The van der Waals surface area contributed by atoms with E-state index in [2.05, 4.69) is 29.0 Å². The Kier molecular flexibility index (Phi) is 2.41. The first-order chi connectivity index (χ1) is 6.36. The van der Waals surface area contributed by atoms with E-state index in [1.54, 1.807) is 0 Å². The molecule has 1 aliphatic heterocycles. The topological polar surface area (TPSA) is 26.0 Å². The molecule has 0 spiro atoms. The second-order valence-corrected chi connectivity index (χ2v) is 5.00. The lowest BCUT2D eigenvalue weighted by Crippen LogP contribution is -1.92. The minimum atomic E-state index is -0.0787. The standard InChI is InChI=1S/C11H13NS/c12-11-6-2-1-5-10(11)9-13-7-3-4-8-13/h1-8,13H,9,12H2. The molecular weight excluding hydrogens is 178 g/mol. The van der Waals surface area contributed by atoms with E-state index in [0.717, 1.165) is 11.4 Å². The average Bonchev–Trinajstić information content (AvgIpc) is 2.61. The van der Waals surface area contributed by atoms with Gasteiger partial charge in [-0.25, -0.2) is 10.9 Å². The molecule has 13 heavy (non-hydrogen) atoms. The molecule has 0 saturated heterocycles. The van der Waals surface area contributed by atoms with E-state index >= 15 is 0 Å². The predicted octanol–water partition coefficient (Wildman–Crippen LogP) is 2.81. The minimum Gasteiger partial charge on any atom is -0.398 e. The van der Waals surface area contributed by atoms with Gasteiger partial charge in [-0.3, -0.25) is 0 Å². The van der Waals surface area contributed by atoms with Crippen LogP contribution in [0.3, 0.4) is 0 Å². The number of benzene rings is 1. The van der Waals surface area contributed by atoms with Crippen LogP contribution in [0.2, 0.25) is 0 Å². The van der Waals surface area contributed by atoms with Crippen molar-refractivity contribution in [1.29, 1.82) is 0 Å². The number of nitrogen functional groups attached to an aromatic ring is 1. The summed E-state index contributed by atoms with van der Waals surface area (Å²) in [6.45, 7) is 0. The first kappa shape index (κ1) is 8.45. The third-order valence-corrected chi connectivity index (χ3v) is 3.89. The average molecular weight is 191 g/mol. The molecule has 68 valence electrons. The van der Waals surface area contributed by atoms with E-state index in [4.69, 9.17) is 5.73 Å². The second-order valence-electron chi connectivity index (χ2n) is 3.05. The number of allylic oxidation sites excluding steroid dienone is 2. The van der Waals surface area contributed by atoms with Gasteiger partial charge in [-0.05, 0) is 22.4 Å². The van der Waals surface area contributed by atoms with Gasteiger partial charge in [0, 0.05) is 11.4 Å². The zero-order chi connectivity index (χ0) is 9.10. The van der Waals surface area contributed by atoms with E-state index in [-0.39, 0.29) is 10.9 Å². The fourth-order valence-corrected chi connectivity index (χ4v) is 2.98. The number of nitrogens with two attached hydrogens (primary N) is 1. The van der Waals surface area contributed by atoms with Gasteiger partial charge in [0.05, 0.1) is 0 Å². The lowest BCUT2D eigenvalue weighted by Gasteiger charge is -2.11. The molecule has 2 N–H and O–H groups in total. The molecular formula is C11H13NS. The van der Waals surface area contributed by atoms with Crippen LogP contribution in [0.1, 0.15) is 5.56 Å². The molecule has 0 amide bonds. The monoisotopic (exact) mass is 191 g/mol. The Morgan fingerprint density at radius 3 is 2.46 bits per heavy atom. The van der Waals surface area contributed by atoms with Crippen LogP contribution >= 0.6 is 10.9 Å². The highest BCUT2D eigenvalue weighted by atomic mass is 32.2. The highest BCUT2D eigenvalue weighted by Crippen LogP contribution is 2.37. The van der Waals surface area contributed by atoms with Crippen LogP contribution in [-0.2, 0) is 5.75 Å². The van der Waals surface area contributed by atoms with Crippen molar-refractivity contribution in [3.05, 3.63) is 52.8 Å². The lowest BCUT2D eigenvalue weighted by atomic mass is 10.2. The summed E-state index contributed by atoms with van der Waals surface area (Å²) in [5, 5.41) is 4.53. The molecule has 0 unspecified atom stereocenters. The zero-order valence-electron chi connectivity index (χ0n) is 7.35. The number of hydrogen-bond donors (Lipinski definition) is 2. The van der Waals surface area contributed by atoms with Crippen LogP contribution in [0.15, 0.2) is 47.2 Å². The predicted molar refractivity (Wildman–Crippen MR) is 61.8 cm³/mol. The molecule has 0 radical (unpaired) electrons. The van der Waals surface area contributed by atoms with Crippen LogP contribution in [0.5, 0.6) is 0 Å². The van der Waals surface area contributed by atoms with Crippen molar-refractivity contribution in [2.75, 3.05) is 5.73 Å². The van der Waals surface area contributed by atoms with Gasteiger partial charge in [-0.2, -0.15) is 0 Å². The Labute approximate surface area is 81.3 Å². The number of rotatable bonds is 2. The highest BCUT2D eigenvalue weighted by molar-refractivity contribution is 8.21. The molecule has 0 fully saturated rings. The van der Waals surface area contributed by atoms with Crippen molar-refractivity contribution in [3.63, 3.8) is 0 Å². The maximum atomic E-state index is 5.86. The molecule has 1 aromatic rings. The van der Waals surface area contributed by atoms with Crippen molar-refractivity contribution in [3.8, 4) is 0 Å². The lowest BCUT2D eigenvalue weighted by molar-refractivity contribution is 1.42. The largest absolute Gasteiger partial charge is 0.398 e. The molecule has 1 aromatic carbocycles. The SMILES string of the molecule is Nc1ccccc1C[SH]1C=CC=C1. The fourth-order valence-electron chi connectivity index (χ4n) is 1.35. The summed E-state index contributed by atoms with van der Waals surface area (Å²) in [6.07, 6.45) is 4.23. The molecule has 2 rings (SSSR count). The molecule has 2 heteroatoms. The summed E-state index contributed by atoms with van der Waals surface area (Å²) >= 11 is 0. The third kappa shape index (κ3) is 1.95. The number of thiol groups is 1. The van der Waals surface area contributed by atoms with Crippen LogP contribution in [-0.4, -0.2) is 0 Å². The van der Waals surface area contributed by atoms with E-state index in [1.165, 1.54) is 5.56 Å². The molecule has 0 aromatic heterocycles. The van der Waals surface area contributed by atoms with Gasteiger partial charge in [0.1, 0.15) is 0 Å². The quantitative estimate of drug-likeness (QED) is 0.545. The van der Waals surface area contributed by atoms with Gasteiger partial charge in [-0.15, -0.1) is 0 Å². The Bertz CT molecular complexity index is 343. The van der Waals surface area contributed by atoms with Gasteiger partial charge in [0.15, 0.2) is 0 Å². The highest BCUT2D eigenvalue weighted by Gasteiger charge is 2.03. The minimum absolute atomic E-state index is 0.0787. The molecule has 1 nitrogen and oxygen atoms in total. The van der Waals surface area contributed by atoms with E-state index < -0.39 is 0 Å². The van der Waals surface area contributed by atoms with Gasteiger partial charge < -0.3 is 5.73 Å². The Hall–Kier alpha value is -1.15. The first-order valence-electron chi connectivity index (χ1n) is 4.30. The summed E-state index contributed by atoms with van der Waals surface area (Å²) in [5.41, 5.74) is 8.04. The fraction of sp³-hybridized carbons (Fsp3) is 0.0909. The summed E-state index contributed by atoms with van der Waals surface area (Å²) in [4.78, 5) is 0. The molecule has 1 aliphatic rings.